The van der Waals surface area contributed by atoms with Crippen LogP contribution in [0.1, 0.15) is 47.3 Å². The van der Waals surface area contributed by atoms with Crippen LogP contribution in [0.15, 0.2) is 65.5 Å². The van der Waals surface area contributed by atoms with Crippen molar-refractivity contribution in [3.05, 3.63) is 77.1 Å². The van der Waals surface area contributed by atoms with E-state index in [-0.39, 0.29) is 31.5 Å². The summed E-state index contributed by atoms with van der Waals surface area (Å²) >= 11 is 0. The highest BCUT2D eigenvalue weighted by Gasteiger charge is 2.34. The number of hydrogen-bond donors (Lipinski definition) is 2. The summed E-state index contributed by atoms with van der Waals surface area (Å²) in [6.07, 6.45) is 3.59. The number of aldehydes is 2. The van der Waals surface area contributed by atoms with Crippen molar-refractivity contribution in [2.75, 3.05) is 6.61 Å². The summed E-state index contributed by atoms with van der Waals surface area (Å²) in [6.45, 7) is 2.28. The van der Waals surface area contributed by atoms with Gasteiger partial charge in [-0.05, 0) is 31.0 Å². The predicted molar refractivity (Wildman–Crippen MR) is 118 cm³/mol. The quantitative estimate of drug-likeness (QED) is 0.390. The molecule has 8 nitrogen and oxygen atoms in total. The number of fused-ring (bicyclic) bond motifs is 1. The zero-order valence-electron chi connectivity index (χ0n) is 17.9. The van der Waals surface area contributed by atoms with Gasteiger partial charge in [-0.25, -0.2) is 5.53 Å². The van der Waals surface area contributed by atoms with Crippen molar-refractivity contribution >= 4 is 18.5 Å². The van der Waals surface area contributed by atoms with Crippen molar-refractivity contribution in [3.8, 4) is 5.75 Å². The first kappa shape index (κ1) is 22.9. The largest absolute Gasteiger partial charge is 0.487 e. The van der Waals surface area contributed by atoms with E-state index in [1.807, 2.05) is 37.3 Å². The number of rotatable bonds is 12. The second kappa shape index (κ2) is 11.0. The lowest BCUT2D eigenvalue weighted by atomic mass is 10.1. The molecule has 1 amide bonds. The van der Waals surface area contributed by atoms with Crippen molar-refractivity contribution in [2.24, 2.45) is 5.11 Å². The summed E-state index contributed by atoms with van der Waals surface area (Å²) in [5, 5.41) is 6.74. The number of carbonyl (C=O) groups excluding carboxylic acids is 3. The molecular weight excluding hydrogens is 408 g/mol. The fraction of sp³-hybridized carbons (Fsp3) is 0.292. The average Bonchev–Trinajstić information content (AvgIpc) is 3.17. The lowest BCUT2D eigenvalue weighted by Crippen LogP contribution is -2.36. The lowest BCUT2D eigenvalue weighted by Gasteiger charge is -2.22. The van der Waals surface area contributed by atoms with E-state index in [0.717, 1.165) is 11.8 Å². The first-order valence-electron chi connectivity index (χ1n) is 10.4. The van der Waals surface area contributed by atoms with E-state index in [0.29, 0.717) is 35.3 Å². The molecule has 32 heavy (non-hydrogen) atoms. The Morgan fingerprint density at radius 2 is 2.00 bits per heavy atom. The van der Waals surface area contributed by atoms with Gasteiger partial charge >= 0.3 is 0 Å². The molecule has 2 aromatic carbocycles. The Morgan fingerprint density at radius 3 is 2.69 bits per heavy atom. The van der Waals surface area contributed by atoms with Crippen LogP contribution in [0.25, 0.3) is 0 Å². The molecule has 0 saturated heterocycles. The highest BCUT2D eigenvalue weighted by molar-refractivity contribution is 6.00. The maximum atomic E-state index is 12.8. The van der Waals surface area contributed by atoms with Crippen molar-refractivity contribution < 1.29 is 19.1 Å². The molecule has 1 unspecified atom stereocenters. The van der Waals surface area contributed by atoms with Gasteiger partial charge in [-0.1, -0.05) is 36.4 Å². The molecule has 0 spiro atoms. The van der Waals surface area contributed by atoms with E-state index in [9.17, 15) is 14.4 Å². The molecule has 1 heterocycles. The third-order valence-corrected chi connectivity index (χ3v) is 5.41. The van der Waals surface area contributed by atoms with Gasteiger partial charge in [-0.15, -0.1) is 0 Å². The van der Waals surface area contributed by atoms with Crippen molar-refractivity contribution in [3.63, 3.8) is 0 Å². The number of hydrogen-bond acceptors (Lipinski definition) is 7. The van der Waals surface area contributed by atoms with E-state index in [1.54, 1.807) is 24.4 Å². The predicted octanol–water partition coefficient (Wildman–Crippen LogP) is 3.79. The molecule has 0 aliphatic carbocycles. The molecule has 0 aromatic heterocycles. The van der Waals surface area contributed by atoms with Crippen LogP contribution in [-0.2, 0) is 16.1 Å². The van der Waals surface area contributed by atoms with Crippen LogP contribution in [-0.4, -0.2) is 36.0 Å². The minimum atomic E-state index is -0.657. The average molecular weight is 434 g/mol. The molecule has 2 atom stereocenters. The highest BCUT2D eigenvalue weighted by atomic mass is 16.5. The molecule has 8 heteroatoms. The Balaban J connectivity index is 1.68. The summed E-state index contributed by atoms with van der Waals surface area (Å²) in [5.41, 5.74) is 10.1. The minimum Gasteiger partial charge on any atom is -0.487 e. The second-order valence-corrected chi connectivity index (χ2v) is 7.50. The van der Waals surface area contributed by atoms with Gasteiger partial charge in [0.15, 0.2) is 0 Å². The van der Waals surface area contributed by atoms with Crippen LogP contribution in [0.4, 0.5) is 0 Å². The summed E-state index contributed by atoms with van der Waals surface area (Å²) in [4.78, 5) is 36.4. The first-order chi connectivity index (χ1) is 15.6. The summed E-state index contributed by atoms with van der Waals surface area (Å²) in [5.74, 6) is 0.247. The molecule has 2 N–H and O–H groups in total. The Morgan fingerprint density at radius 1 is 1.22 bits per heavy atom. The van der Waals surface area contributed by atoms with E-state index >= 15 is 0 Å². The monoisotopic (exact) mass is 434 g/mol. The van der Waals surface area contributed by atoms with Crippen LogP contribution >= 0.6 is 0 Å². The number of ether oxygens (including phenoxy) is 1. The van der Waals surface area contributed by atoms with Crippen molar-refractivity contribution in [2.45, 2.75) is 38.4 Å². The maximum absolute atomic E-state index is 12.8. The maximum Gasteiger partial charge on any atom is 0.255 e. The number of amides is 1. The van der Waals surface area contributed by atoms with Gasteiger partial charge < -0.3 is 24.5 Å². The zero-order valence-corrected chi connectivity index (χ0v) is 17.9. The molecular formula is C24H26N4O4. The van der Waals surface area contributed by atoms with E-state index in [2.05, 4.69) is 10.4 Å². The number of nitrogens with zero attached hydrogens (tertiary/aromatic N) is 2. The molecule has 0 radical (unpaired) electrons. The summed E-state index contributed by atoms with van der Waals surface area (Å²) < 4.78 is 5.89. The Kier molecular flexibility index (Phi) is 7.85. The molecule has 3 rings (SSSR count). The Bertz CT molecular complexity index is 1010. The molecule has 1 aliphatic heterocycles. The Labute approximate surface area is 186 Å². The van der Waals surface area contributed by atoms with Crippen molar-refractivity contribution in [1.82, 2.24) is 10.2 Å². The molecule has 1 aliphatic rings. The molecule has 2 aromatic rings. The Hall–Kier alpha value is -3.81. The normalized spacial score (nSPS) is 15.0. The topological polar surface area (TPSA) is 112 Å². The van der Waals surface area contributed by atoms with Crippen LogP contribution < -0.4 is 10.1 Å². The smallest absolute Gasteiger partial charge is 0.255 e. The molecule has 0 fully saturated rings. The third kappa shape index (κ3) is 5.26. The van der Waals surface area contributed by atoms with E-state index in [1.165, 1.54) is 4.90 Å². The van der Waals surface area contributed by atoms with Crippen molar-refractivity contribution in [1.29, 1.82) is 5.53 Å². The fourth-order valence-corrected chi connectivity index (χ4v) is 3.58. The van der Waals surface area contributed by atoms with Crippen LogP contribution in [0.2, 0.25) is 0 Å². The van der Waals surface area contributed by atoms with Gasteiger partial charge in [-0.3, -0.25) is 4.79 Å². The molecule has 0 saturated carbocycles. The number of nitrogens with one attached hydrogen (secondary N) is 2. The van der Waals surface area contributed by atoms with Crippen LogP contribution in [0.3, 0.4) is 0 Å². The lowest BCUT2D eigenvalue weighted by molar-refractivity contribution is -0.112. The van der Waals surface area contributed by atoms with Gasteiger partial charge in [0.05, 0.1) is 12.6 Å². The van der Waals surface area contributed by atoms with Gasteiger partial charge in [0.1, 0.15) is 30.6 Å². The standard InChI is InChI=1S/C24H26N4O4/c1-17(18-7-3-2-4-8-18)26-13-19(27-25)16-32-23-11-5-10-21-22(23)14-28(24(21)31)20(15-30)9-6-12-29/h2-5,7-8,10-13,15,17,20,25-26H,6,9,14,16H2,1H3/b19-13-,27-25?/t17-,20?/m0/s1. The first-order valence-corrected chi connectivity index (χ1v) is 10.4. The van der Waals surface area contributed by atoms with E-state index < -0.39 is 6.04 Å². The SMILES string of the molecule is C[C@H](N/C=C(/COc1cccc2c1CN(C(C=O)CCC=O)C2=O)N=N)c1ccccc1. The zero-order chi connectivity index (χ0) is 22.9. The third-order valence-electron chi connectivity index (χ3n) is 5.41. The van der Waals surface area contributed by atoms with Gasteiger partial charge in [0.2, 0.25) is 0 Å². The summed E-state index contributed by atoms with van der Waals surface area (Å²) in [7, 11) is 0. The van der Waals surface area contributed by atoms with Crippen LogP contribution in [0.5, 0.6) is 5.75 Å². The summed E-state index contributed by atoms with van der Waals surface area (Å²) in [6, 6.07) is 14.4. The fourth-order valence-electron chi connectivity index (χ4n) is 3.58. The van der Waals surface area contributed by atoms with Gasteiger partial charge in [0.25, 0.3) is 5.91 Å². The highest BCUT2D eigenvalue weighted by Crippen LogP contribution is 2.32. The van der Waals surface area contributed by atoms with E-state index in [4.69, 9.17) is 10.3 Å². The minimum absolute atomic E-state index is 0.0340. The molecule has 0 bridgehead atoms. The molecule has 166 valence electrons. The van der Waals surface area contributed by atoms with Gasteiger partial charge in [-0.2, -0.15) is 5.11 Å². The number of carbonyl (C=O) groups is 3. The van der Waals surface area contributed by atoms with Gasteiger partial charge in [0, 0.05) is 29.8 Å². The number of benzene rings is 2. The van der Waals surface area contributed by atoms with Crippen LogP contribution in [0, 0.1) is 5.53 Å². The second-order valence-electron chi connectivity index (χ2n) is 7.50.